The molecule has 7 aromatic rings. The highest BCUT2D eigenvalue weighted by Crippen LogP contribution is 2.40. The second kappa shape index (κ2) is 12.4. The highest BCUT2D eigenvalue weighted by molar-refractivity contribution is 6.00. The lowest BCUT2D eigenvalue weighted by atomic mass is 10.0. The maximum absolute atomic E-state index is 12.9. The Bertz CT molecular complexity index is 2690. The summed E-state index contributed by atoms with van der Waals surface area (Å²) in [6.45, 7) is 0. The van der Waals surface area contributed by atoms with E-state index in [1.165, 1.54) is 0 Å². The molecule has 0 atom stereocenters. The Morgan fingerprint density at radius 2 is 0.784 bits per heavy atom. The molecule has 0 amide bonds. The number of hydrogen-bond donors (Lipinski definition) is 2. The van der Waals surface area contributed by atoms with Crippen LogP contribution >= 0.6 is 0 Å². The van der Waals surface area contributed by atoms with Gasteiger partial charge in [-0.05, 0) is 58.7 Å². The number of hydrogen-bond acceptors (Lipinski definition) is 4. The molecule has 0 radical (unpaired) electrons. The SMILES string of the molecule is O=[N+]([O-])C1=Cc2nc1c(-c1ccccc1)c1ccc([nH]1)c(-c1ccccc1)c1nc(c(-c3ccccc3)c3ccc([nH]3)c2-c2ccccc2)C=C1. The molecule has 2 N–H and O–H groups in total. The van der Waals surface area contributed by atoms with E-state index in [4.69, 9.17) is 9.97 Å². The van der Waals surface area contributed by atoms with Crippen molar-refractivity contribution in [2.45, 2.75) is 0 Å². The number of nitrogens with zero attached hydrogens (tertiary/aromatic N) is 3. The van der Waals surface area contributed by atoms with Crippen LogP contribution in [-0.4, -0.2) is 24.9 Å². The van der Waals surface area contributed by atoms with Crippen LogP contribution in [0.4, 0.5) is 0 Å². The minimum atomic E-state index is -0.340. The Balaban J connectivity index is 1.52. The van der Waals surface area contributed by atoms with Gasteiger partial charge in [0, 0.05) is 50.4 Å². The summed E-state index contributed by atoms with van der Waals surface area (Å²) in [5, 5.41) is 12.9. The minimum Gasteiger partial charge on any atom is -0.354 e. The molecule has 0 spiro atoms. The molecule has 5 heterocycles. The lowest BCUT2D eigenvalue weighted by Crippen LogP contribution is -1.98. The quantitative estimate of drug-likeness (QED) is 0.142. The predicted molar refractivity (Wildman–Crippen MR) is 207 cm³/mol. The van der Waals surface area contributed by atoms with Gasteiger partial charge in [0.2, 0.25) is 0 Å². The molecule has 8 bridgehead atoms. The van der Waals surface area contributed by atoms with Gasteiger partial charge in [-0.1, -0.05) is 121 Å². The molecule has 2 aliphatic heterocycles. The number of nitro groups is 1. The summed E-state index contributed by atoms with van der Waals surface area (Å²) in [5.74, 6) is 0. The number of H-pyrrole nitrogens is 2. The summed E-state index contributed by atoms with van der Waals surface area (Å²) >= 11 is 0. The number of nitrogens with one attached hydrogen (secondary N) is 2. The predicted octanol–water partition coefficient (Wildman–Crippen LogP) is 10.9. The van der Waals surface area contributed by atoms with Crippen molar-refractivity contribution < 1.29 is 4.92 Å². The summed E-state index contributed by atoms with van der Waals surface area (Å²) in [4.78, 5) is 30.3. The molecule has 9 rings (SSSR count). The normalized spacial score (nSPS) is 12.1. The third-order valence-corrected chi connectivity index (χ3v) is 9.29. The van der Waals surface area contributed by atoms with Gasteiger partial charge in [-0.15, -0.1) is 0 Å². The largest absolute Gasteiger partial charge is 0.354 e. The molecule has 0 fully saturated rings. The molecule has 0 saturated heterocycles. The summed E-state index contributed by atoms with van der Waals surface area (Å²) < 4.78 is 0. The van der Waals surface area contributed by atoms with Gasteiger partial charge in [0.15, 0.2) is 5.69 Å². The molecule has 242 valence electrons. The van der Waals surface area contributed by atoms with Crippen LogP contribution in [0.25, 0.3) is 90.5 Å². The molecule has 7 nitrogen and oxygen atoms in total. The molecule has 4 aromatic carbocycles. The third kappa shape index (κ3) is 5.34. The summed E-state index contributed by atoms with van der Waals surface area (Å²) in [6.07, 6.45) is 5.72. The Kier molecular flexibility index (Phi) is 7.29. The first kappa shape index (κ1) is 30.0. The first-order valence-electron chi connectivity index (χ1n) is 16.7. The highest BCUT2D eigenvalue weighted by atomic mass is 16.6. The average molecular weight is 660 g/mol. The second-order valence-electron chi connectivity index (χ2n) is 12.4. The standard InChI is InChI=1S/C44H29N5O2/c50-49(51)39-27-38-42(30-17-9-3-10-18-30)36-24-23-34(46-36)40(28-13-5-1-6-14-28)32-21-22-33(45-32)41(29-15-7-2-8-16-29)35-25-26-37(47-35)43(44(39)48-38)31-19-11-4-12-20-31/h1-27,46-47H. The maximum atomic E-state index is 12.9. The van der Waals surface area contributed by atoms with E-state index in [1.54, 1.807) is 6.08 Å². The summed E-state index contributed by atoms with van der Waals surface area (Å²) in [7, 11) is 0. The second-order valence-corrected chi connectivity index (χ2v) is 12.4. The van der Waals surface area contributed by atoms with Crippen LogP contribution in [0.1, 0.15) is 22.8 Å². The summed E-state index contributed by atoms with van der Waals surface area (Å²) in [5.41, 5.74) is 12.4. The van der Waals surface area contributed by atoms with Crippen LogP contribution in [0.15, 0.2) is 146 Å². The van der Waals surface area contributed by atoms with E-state index in [0.717, 1.165) is 66.9 Å². The third-order valence-electron chi connectivity index (χ3n) is 9.29. The zero-order valence-electron chi connectivity index (χ0n) is 27.2. The molecule has 7 heteroatoms. The smallest absolute Gasteiger partial charge is 0.297 e. The Morgan fingerprint density at radius 3 is 1.18 bits per heavy atom. The van der Waals surface area contributed by atoms with Gasteiger partial charge in [-0.3, -0.25) is 10.1 Å². The molecule has 3 aromatic heterocycles. The fraction of sp³-hybridized carbons (Fsp3) is 0. The van der Waals surface area contributed by atoms with Gasteiger partial charge in [-0.25, -0.2) is 9.97 Å². The first-order valence-corrected chi connectivity index (χ1v) is 16.7. The van der Waals surface area contributed by atoms with Crippen LogP contribution in [0.3, 0.4) is 0 Å². The highest BCUT2D eigenvalue weighted by Gasteiger charge is 2.29. The number of benzene rings is 4. The monoisotopic (exact) mass is 659 g/mol. The van der Waals surface area contributed by atoms with Crippen LogP contribution in [0.5, 0.6) is 0 Å². The van der Waals surface area contributed by atoms with Crippen molar-refractivity contribution in [3.63, 3.8) is 0 Å². The van der Waals surface area contributed by atoms with E-state index in [0.29, 0.717) is 16.8 Å². The van der Waals surface area contributed by atoms with Crippen molar-refractivity contribution in [3.8, 4) is 44.5 Å². The first-order chi connectivity index (χ1) is 25.1. The van der Waals surface area contributed by atoms with Gasteiger partial charge < -0.3 is 9.97 Å². The zero-order chi connectivity index (χ0) is 34.3. The Hall–Kier alpha value is -7.12. The van der Waals surface area contributed by atoms with E-state index in [2.05, 4.69) is 46.4 Å². The lowest BCUT2D eigenvalue weighted by Gasteiger charge is -2.06. The molecular weight excluding hydrogens is 631 g/mol. The van der Waals surface area contributed by atoms with Crippen molar-refractivity contribution >= 4 is 46.0 Å². The summed E-state index contributed by atoms with van der Waals surface area (Å²) in [6, 6.07) is 48.0. The Labute approximate surface area is 293 Å². The molecule has 0 aliphatic carbocycles. The molecule has 2 aliphatic rings. The average Bonchev–Trinajstić information content (AvgIpc) is 4.00. The van der Waals surface area contributed by atoms with Gasteiger partial charge >= 0.3 is 0 Å². The number of aromatic amines is 2. The fourth-order valence-electron chi connectivity index (χ4n) is 7.04. The van der Waals surface area contributed by atoms with Crippen molar-refractivity contribution in [2.24, 2.45) is 0 Å². The lowest BCUT2D eigenvalue weighted by molar-refractivity contribution is -0.374. The molecule has 0 saturated carbocycles. The molecular formula is C44H29N5O2. The van der Waals surface area contributed by atoms with Crippen LogP contribution in [-0.2, 0) is 0 Å². The Morgan fingerprint density at radius 1 is 0.431 bits per heavy atom. The number of rotatable bonds is 5. The van der Waals surface area contributed by atoms with E-state index in [-0.39, 0.29) is 16.3 Å². The maximum Gasteiger partial charge on any atom is 0.297 e. The van der Waals surface area contributed by atoms with Gasteiger partial charge in [0.05, 0.1) is 22.0 Å². The van der Waals surface area contributed by atoms with E-state index >= 15 is 0 Å². The van der Waals surface area contributed by atoms with E-state index in [1.807, 2.05) is 121 Å². The minimum absolute atomic E-state index is 0.0738. The number of fused-ring (bicyclic) bond motifs is 8. The molecule has 0 unspecified atom stereocenters. The van der Waals surface area contributed by atoms with E-state index < -0.39 is 0 Å². The van der Waals surface area contributed by atoms with Gasteiger partial charge in [-0.2, -0.15) is 0 Å². The van der Waals surface area contributed by atoms with Crippen molar-refractivity contribution in [2.75, 3.05) is 0 Å². The van der Waals surface area contributed by atoms with Crippen LogP contribution in [0, 0.1) is 10.1 Å². The van der Waals surface area contributed by atoms with Gasteiger partial charge in [0.25, 0.3) is 5.70 Å². The van der Waals surface area contributed by atoms with Crippen LogP contribution < -0.4 is 0 Å². The van der Waals surface area contributed by atoms with E-state index in [9.17, 15) is 10.1 Å². The fourth-order valence-corrected chi connectivity index (χ4v) is 7.04. The molecule has 51 heavy (non-hydrogen) atoms. The zero-order valence-corrected chi connectivity index (χ0v) is 27.2. The van der Waals surface area contributed by atoms with Crippen molar-refractivity contribution in [1.29, 1.82) is 0 Å². The number of aromatic nitrogens is 4. The topological polar surface area (TPSA) is 100 Å². The van der Waals surface area contributed by atoms with Crippen LogP contribution in [0.2, 0.25) is 0 Å². The van der Waals surface area contributed by atoms with Crippen molar-refractivity contribution in [3.05, 3.63) is 178 Å². The van der Waals surface area contributed by atoms with Gasteiger partial charge in [0.1, 0.15) is 0 Å². The van der Waals surface area contributed by atoms with Crippen molar-refractivity contribution in [1.82, 2.24) is 19.9 Å².